The number of carbonyl (C=O) groups is 1. The minimum atomic E-state index is -0.302. The second kappa shape index (κ2) is 5.06. The highest BCUT2D eigenvalue weighted by Gasteiger charge is 2.25. The van der Waals surface area contributed by atoms with Gasteiger partial charge in [-0.1, -0.05) is 6.07 Å². The Kier molecular flexibility index (Phi) is 3.41. The molecule has 0 saturated heterocycles. The smallest absolute Gasteiger partial charge is 0.227 e. The van der Waals surface area contributed by atoms with Crippen molar-refractivity contribution in [3.63, 3.8) is 0 Å². The summed E-state index contributed by atoms with van der Waals surface area (Å²) in [5.74, 6) is -0.248. The van der Waals surface area contributed by atoms with Gasteiger partial charge in [0.15, 0.2) is 0 Å². The van der Waals surface area contributed by atoms with Gasteiger partial charge < -0.3 is 4.90 Å². The van der Waals surface area contributed by atoms with Crippen LogP contribution in [0, 0.1) is 5.82 Å². The van der Waals surface area contributed by atoms with Gasteiger partial charge in [-0.2, -0.15) is 0 Å². The molecule has 2 nitrogen and oxygen atoms in total. The number of carbonyl (C=O) groups excluding carboxylic acids is 1. The van der Waals surface area contributed by atoms with E-state index in [4.69, 9.17) is 0 Å². The highest BCUT2D eigenvalue weighted by molar-refractivity contribution is 9.10. The second-order valence-electron chi connectivity index (χ2n) is 4.44. The van der Waals surface area contributed by atoms with E-state index in [1.54, 1.807) is 22.3 Å². The van der Waals surface area contributed by atoms with Crippen molar-refractivity contribution in [2.75, 3.05) is 4.90 Å². The largest absolute Gasteiger partial charge is 0.307 e. The molecule has 0 fully saturated rings. The molecule has 5 heteroatoms. The van der Waals surface area contributed by atoms with Gasteiger partial charge in [0.25, 0.3) is 0 Å². The maximum absolute atomic E-state index is 13.4. The molecule has 2 heterocycles. The number of hydrogen-bond acceptors (Lipinski definition) is 2. The Hall–Kier alpha value is -1.20. The van der Waals surface area contributed by atoms with Crippen LogP contribution < -0.4 is 4.90 Å². The molecule has 2 aromatic rings. The number of thiophene rings is 1. The Balaban J connectivity index is 1.99. The van der Waals surface area contributed by atoms with Crippen molar-refractivity contribution in [1.82, 2.24) is 0 Å². The van der Waals surface area contributed by atoms with Crippen LogP contribution in [0.3, 0.4) is 0 Å². The molecule has 0 bridgehead atoms. The Morgan fingerprint density at radius 1 is 1.32 bits per heavy atom. The number of rotatable bonds is 2. The first kappa shape index (κ1) is 12.8. The molecule has 0 unspecified atom stereocenters. The van der Waals surface area contributed by atoms with Crippen LogP contribution in [0.1, 0.15) is 16.9 Å². The quantitative estimate of drug-likeness (QED) is 0.805. The lowest BCUT2D eigenvalue weighted by Crippen LogP contribution is -2.34. The number of amides is 1. The average molecular weight is 340 g/mol. The molecule has 1 aromatic carbocycles. The molecule has 1 amide bonds. The minimum Gasteiger partial charge on any atom is -0.307 e. The van der Waals surface area contributed by atoms with Gasteiger partial charge >= 0.3 is 0 Å². The minimum absolute atomic E-state index is 0.0541. The summed E-state index contributed by atoms with van der Waals surface area (Å²) in [5.41, 5.74) is 1.74. The molecule has 1 aliphatic rings. The first-order chi connectivity index (χ1) is 9.15. The molecular weight excluding hydrogens is 329 g/mol. The summed E-state index contributed by atoms with van der Waals surface area (Å²) in [6.07, 6.45) is 1.18. The van der Waals surface area contributed by atoms with Gasteiger partial charge in [-0.25, -0.2) is 4.39 Å². The van der Waals surface area contributed by atoms with Crippen molar-refractivity contribution < 1.29 is 9.18 Å². The lowest BCUT2D eigenvalue weighted by atomic mass is 10.0. The molecule has 1 aliphatic heterocycles. The third kappa shape index (κ3) is 2.44. The molecule has 1 aromatic heterocycles. The second-order valence-corrected chi connectivity index (χ2v) is 6.30. The standard InChI is InChI=1S/C14H11BrFNOS/c15-11-5-6-19-13(11)8-17-12-7-10(16)3-1-9(12)2-4-14(17)18/h1,3,5-7H,2,4,8H2. The van der Waals surface area contributed by atoms with Gasteiger partial charge in [-0.15, -0.1) is 11.3 Å². The van der Waals surface area contributed by atoms with Crippen molar-refractivity contribution in [1.29, 1.82) is 0 Å². The Labute approximate surface area is 123 Å². The average Bonchev–Trinajstić information content (AvgIpc) is 2.79. The molecule has 0 atom stereocenters. The van der Waals surface area contributed by atoms with E-state index in [1.807, 2.05) is 11.4 Å². The molecule has 0 aliphatic carbocycles. The van der Waals surface area contributed by atoms with E-state index in [2.05, 4.69) is 15.9 Å². The summed E-state index contributed by atoms with van der Waals surface area (Å²) in [5, 5.41) is 1.97. The highest BCUT2D eigenvalue weighted by atomic mass is 79.9. The maximum atomic E-state index is 13.4. The van der Waals surface area contributed by atoms with Gasteiger partial charge in [0.1, 0.15) is 5.82 Å². The van der Waals surface area contributed by atoms with E-state index >= 15 is 0 Å². The Morgan fingerprint density at radius 2 is 2.16 bits per heavy atom. The zero-order valence-corrected chi connectivity index (χ0v) is 12.4. The summed E-state index contributed by atoms with van der Waals surface area (Å²) in [6, 6.07) is 6.64. The Morgan fingerprint density at radius 3 is 2.89 bits per heavy atom. The number of fused-ring (bicyclic) bond motifs is 1. The molecule has 0 saturated carbocycles. The lowest BCUT2D eigenvalue weighted by Gasteiger charge is -2.29. The normalized spacial score (nSPS) is 14.6. The van der Waals surface area contributed by atoms with Crippen molar-refractivity contribution in [2.45, 2.75) is 19.4 Å². The Bertz CT molecular complexity index is 640. The van der Waals surface area contributed by atoms with Crippen LogP contribution in [0.25, 0.3) is 0 Å². The zero-order valence-electron chi connectivity index (χ0n) is 10.0. The van der Waals surface area contributed by atoms with E-state index in [0.717, 1.165) is 14.9 Å². The SMILES string of the molecule is O=C1CCc2ccc(F)cc2N1Cc1sccc1Br. The highest BCUT2D eigenvalue weighted by Crippen LogP contribution is 2.32. The number of hydrogen-bond donors (Lipinski definition) is 0. The summed E-state index contributed by atoms with van der Waals surface area (Å²) in [4.78, 5) is 14.9. The predicted octanol–water partition coefficient (Wildman–Crippen LogP) is 4.13. The molecule has 0 radical (unpaired) electrons. The fourth-order valence-electron chi connectivity index (χ4n) is 2.27. The summed E-state index contributed by atoms with van der Waals surface area (Å²) in [6.45, 7) is 0.494. The van der Waals surface area contributed by atoms with Crippen LogP contribution in [0.15, 0.2) is 34.1 Å². The fourth-order valence-corrected chi connectivity index (χ4v) is 3.73. The number of halogens is 2. The van der Waals surface area contributed by atoms with E-state index in [0.29, 0.717) is 25.1 Å². The van der Waals surface area contributed by atoms with Crippen LogP contribution >= 0.6 is 27.3 Å². The number of anilines is 1. The third-order valence-electron chi connectivity index (χ3n) is 3.24. The van der Waals surface area contributed by atoms with Crippen LogP contribution in [0.2, 0.25) is 0 Å². The van der Waals surface area contributed by atoms with Gasteiger partial charge in [0, 0.05) is 15.8 Å². The van der Waals surface area contributed by atoms with Gasteiger partial charge in [0.2, 0.25) is 5.91 Å². The molecule has 3 rings (SSSR count). The van der Waals surface area contributed by atoms with Crippen molar-refractivity contribution in [3.05, 3.63) is 50.4 Å². The number of aryl methyl sites for hydroxylation is 1. The summed E-state index contributed by atoms with van der Waals surface area (Å²) < 4.78 is 14.4. The van der Waals surface area contributed by atoms with Crippen molar-refractivity contribution in [3.8, 4) is 0 Å². The van der Waals surface area contributed by atoms with E-state index in [9.17, 15) is 9.18 Å². The molecule has 0 N–H and O–H groups in total. The van der Waals surface area contributed by atoms with Gasteiger partial charge in [0.05, 0.1) is 12.2 Å². The van der Waals surface area contributed by atoms with E-state index < -0.39 is 0 Å². The summed E-state index contributed by atoms with van der Waals surface area (Å²) in [7, 11) is 0. The van der Waals surface area contributed by atoms with E-state index in [1.165, 1.54) is 12.1 Å². The van der Waals surface area contributed by atoms with Crippen LogP contribution in [-0.2, 0) is 17.8 Å². The summed E-state index contributed by atoms with van der Waals surface area (Å²) >= 11 is 5.06. The van der Waals surface area contributed by atoms with Crippen LogP contribution in [0.4, 0.5) is 10.1 Å². The predicted molar refractivity (Wildman–Crippen MR) is 77.9 cm³/mol. The monoisotopic (exact) mass is 339 g/mol. The maximum Gasteiger partial charge on any atom is 0.227 e. The number of benzene rings is 1. The molecule has 0 spiro atoms. The molecule has 19 heavy (non-hydrogen) atoms. The van der Waals surface area contributed by atoms with Gasteiger partial charge in [-0.05, 0) is 51.5 Å². The first-order valence-electron chi connectivity index (χ1n) is 5.96. The third-order valence-corrected chi connectivity index (χ3v) is 5.15. The van der Waals surface area contributed by atoms with Crippen molar-refractivity contribution in [2.24, 2.45) is 0 Å². The van der Waals surface area contributed by atoms with E-state index in [-0.39, 0.29) is 11.7 Å². The number of nitrogens with zero attached hydrogens (tertiary/aromatic N) is 1. The zero-order chi connectivity index (χ0) is 13.4. The fraction of sp³-hybridized carbons (Fsp3) is 0.214. The first-order valence-corrected chi connectivity index (χ1v) is 7.63. The van der Waals surface area contributed by atoms with Crippen LogP contribution in [0.5, 0.6) is 0 Å². The van der Waals surface area contributed by atoms with Crippen molar-refractivity contribution >= 4 is 38.9 Å². The molecular formula is C14H11BrFNOS. The van der Waals surface area contributed by atoms with Crippen LogP contribution in [-0.4, -0.2) is 5.91 Å². The lowest BCUT2D eigenvalue weighted by molar-refractivity contribution is -0.119. The van der Waals surface area contributed by atoms with Gasteiger partial charge in [-0.3, -0.25) is 4.79 Å². The topological polar surface area (TPSA) is 20.3 Å². The molecule has 98 valence electrons.